The minimum absolute atomic E-state index is 0.471. The molecule has 0 saturated carbocycles. The van der Waals surface area contributed by atoms with Crippen LogP contribution in [0.4, 0.5) is 0 Å². The van der Waals surface area contributed by atoms with Crippen LogP contribution < -0.4 is 5.46 Å². The number of hydrogen-bond donors (Lipinski definition) is 1. The lowest BCUT2D eigenvalue weighted by atomic mass is 9.78. The minimum Gasteiger partial charge on any atom is -0.399 e. The summed E-state index contributed by atoms with van der Waals surface area (Å²) < 4.78 is 13.1. The van der Waals surface area contributed by atoms with Crippen molar-refractivity contribution >= 4 is 34.4 Å². The molecule has 3 aromatic heterocycles. The molecule has 1 aliphatic heterocycles. The van der Waals surface area contributed by atoms with E-state index >= 15 is 0 Å². The number of nitrogens with zero attached hydrogens (tertiary/aromatic N) is 4. The monoisotopic (exact) mass is 905 g/mol. The third-order valence-corrected chi connectivity index (χ3v) is 13.9. The van der Waals surface area contributed by atoms with Gasteiger partial charge in [-0.1, -0.05) is 170 Å². The highest BCUT2D eigenvalue weighted by molar-refractivity contribution is 6.62. The Morgan fingerprint density at radius 1 is 0.357 bits per heavy atom. The van der Waals surface area contributed by atoms with Gasteiger partial charge in [0, 0.05) is 55.2 Å². The fraction of sp³-hybridized carbons (Fsp3) is 0.0968. The van der Waals surface area contributed by atoms with Gasteiger partial charge in [-0.2, -0.15) is 0 Å². The van der Waals surface area contributed by atoms with E-state index < -0.39 is 18.3 Å². The van der Waals surface area contributed by atoms with Gasteiger partial charge in [-0.15, -0.1) is 0 Å². The summed E-state index contributed by atoms with van der Waals surface area (Å²) in [5.74, 6) is 1.31. The Morgan fingerprint density at radius 2 is 0.771 bits per heavy atom. The molecular weight excluding hydrogens is 858 g/mol. The fourth-order valence-electron chi connectivity index (χ4n) is 9.38. The Morgan fingerprint density at radius 3 is 1.24 bits per heavy atom. The zero-order chi connectivity index (χ0) is 47.4. The van der Waals surface area contributed by atoms with Crippen molar-refractivity contribution in [3.63, 3.8) is 0 Å². The van der Waals surface area contributed by atoms with Gasteiger partial charge in [0.15, 0.2) is 11.6 Å². The SMILES string of the molecule is CC1(C)OB(c2ccc3[nH]c4c(-c5cccc(-c6nc(-c7ccccc7)cc(-c7ccccc7)n6)c5)cc(-c5cccc(-c6nc(-c7ccccc7)cc(-c7ccccc7)n6)c5)cc4c3c2)OC1(C)C. The van der Waals surface area contributed by atoms with Crippen LogP contribution in [-0.4, -0.2) is 43.2 Å². The number of fused-ring (bicyclic) bond motifs is 3. The highest BCUT2D eigenvalue weighted by Gasteiger charge is 2.51. The molecule has 336 valence electrons. The molecule has 0 aliphatic carbocycles. The third kappa shape index (κ3) is 8.07. The molecule has 0 amide bonds. The van der Waals surface area contributed by atoms with E-state index in [4.69, 9.17) is 29.2 Å². The molecule has 0 bridgehead atoms. The first kappa shape index (κ1) is 43.0. The second-order valence-corrected chi connectivity index (χ2v) is 19.0. The number of H-pyrrole nitrogens is 1. The second kappa shape index (κ2) is 17.3. The van der Waals surface area contributed by atoms with Crippen LogP contribution in [0.25, 0.3) is 112 Å². The van der Waals surface area contributed by atoms with Gasteiger partial charge >= 0.3 is 7.12 Å². The topological polar surface area (TPSA) is 85.8 Å². The summed E-state index contributed by atoms with van der Waals surface area (Å²) in [6.45, 7) is 8.37. The zero-order valence-electron chi connectivity index (χ0n) is 39.4. The average molecular weight is 906 g/mol. The molecule has 12 rings (SSSR count). The maximum atomic E-state index is 6.57. The molecule has 1 saturated heterocycles. The van der Waals surface area contributed by atoms with E-state index in [0.717, 1.165) is 106 Å². The van der Waals surface area contributed by atoms with Crippen LogP contribution in [0.3, 0.4) is 0 Å². The van der Waals surface area contributed by atoms with Crippen molar-refractivity contribution in [3.8, 4) is 90.1 Å². The summed E-state index contributed by atoms with van der Waals surface area (Å²) in [5, 5.41) is 2.16. The first-order valence-electron chi connectivity index (χ1n) is 23.8. The maximum Gasteiger partial charge on any atom is 0.494 e. The normalized spacial score (nSPS) is 14.1. The van der Waals surface area contributed by atoms with Gasteiger partial charge in [-0.25, -0.2) is 19.9 Å². The number of rotatable bonds is 9. The summed E-state index contributed by atoms with van der Waals surface area (Å²) in [7, 11) is -0.504. The van der Waals surface area contributed by atoms with E-state index in [1.807, 2.05) is 72.8 Å². The molecule has 0 atom stereocenters. The van der Waals surface area contributed by atoms with E-state index in [9.17, 15) is 0 Å². The van der Waals surface area contributed by atoms with Crippen LogP contribution in [0.2, 0.25) is 0 Å². The lowest BCUT2D eigenvalue weighted by Crippen LogP contribution is -2.41. The molecule has 1 aliphatic rings. The molecule has 7 nitrogen and oxygen atoms in total. The largest absolute Gasteiger partial charge is 0.494 e. The second-order valence-electron chi connectivity index (χ2n) is 19.0. The number of aromatic nitrogens is 5. The summed E-state index contributed by atoms with van der Waals surface area (Å²) >= 11 is 0. The van der Waals surface area contributed by atoms with Gasteiger partial charge in [0.05, 0.1) is 39.5 Å². The van der Waals surface area contributed by atoms with Gasteiger partial charge in [-0.3, -0.25) is 0 Å². The van der Waals surface area contributed by atoms with Gasteiger partial charge in [0.25, 0.3) is 0 Å². The zero-order valence-corrected chi connectivity index (χ0v) is 39.4. The van der Waals surface area contributed by atoms with Crippen molar-refractivity contribution in [1.82, 2.24) is 24.9 Å². The molecule has 11 aromatic rings. The lowest BCUT2D eigenvalue weighted by Gasteiger charge is -2.32. The first-order chi connectivity index (χ1) is 34.1. The van der Waals surface area contributed by atoms with Crippen LogP contribution in [-0.2, 0) is 9.31 Å². The average Bonchev–Trinajstić information content (AvgIpc) is 3.90. The summed E-state index contributed by atoms with van der Waals surface area (Å²) in [6, 6.07) is 73.6. The molecule has 1 N–H and O–H groups in total. The Bertz CT molecular complexity index is 3600. The van der Waals surface area contributed by atoms with Gasteiger partial charge in [-0.05, 0) is 92.3 Å². The molecule has 1 fully saturated rings. The molecule has 0 radical (unpaired) electrons. The molecule has 70 heavy (non-hydrogen) atoms. The van der Waals surface area contributed by atoms with Crippen molar-refractivity contribution in [2.75, 3.05) is 0 Å². The van der Waals surface area contributed by atoms with Gasteiger partial charge in [0.2, 0.25) is 0 Å². The van der Waals surface area contributed by atoms with E-state index in [1.165, 1.54) is 0 Å². The molecule has 8 aromatic carbocycles. The Balaban J connectivity index is 1.03. The quantitative estimate of drug-likeness (QED) is 0.145. The number of aromatic amines is 1. The molecule has 0 spiro atoms. The van der Waals surface area contributed by atoms with Crippen molar-refractivity contribution in [1.29, 1.82) is 0 Å². The number of nitrogens with one attached hydrogen (secondary N) is 1. The van der Waals surface area contributed by atoms with Crippen molar-refractivity contribution in [2.45, 2.75) is 38.9 Å². The van der Waals surface area contributed by atoms with Crippen molar-refractivity contribution < 1.29 is 9.31 Å². The smallest absolute Gasteiger partial charge is 0.399 e. The van der Waals surface area contributed by atoms with Crippen LogP contribution in [0.1, 0.15) is 27.7 Å². The van der Waals surface area contributed by atoms with Crippen molar-refractivity contribution in [3.05, 3.63) is 212 Å². The highest BCUT2D eigenvalue weighted by atomic mass is 16.7. The number of benzene rings is 8. The van der Waals surface area contributed by atoms with E-state index in [0.29, 0.717) is 11.6 Å². The molecule has 8 heteroatoms. The first-order valence-corrected chi connectivity index (χ1v) is 23.8. The van der Waals surface area contributed by atoms with Crippen LogP contribution in [0, 0.1) is 0 Å². The Hall–Kier alpha value is -8.30. The maximum absolute atomic E-state index is 6.57. The third-order valence-electron chi connectivity index (χ3n) is 13.9. The fourth-order valence-corrected chi connectivity index (χ4v) is 9.38. The molecule has 0 unspecified atom stereocenters. The summed E-state index contributed by atoms with van der Waals surface area (Å²) in [4.78, 5) is 24.6. The minimum atomic E-state index is -0.504. The summed E-state index contributed by atoms with van der Waals surface area (Å²) in [5.41, 5.74) is 15.6. The lowest BCUT2D eigenvalue weighted by molar-refractivity contribution is 0.00578. The summed E-state index contributed by atoms with van der Waals surface area (Å²) in [6.07, 6.45) is 0. The van der Waals surface area contributed by atoms with Crippen LogP contribution >= 0.6 is 0 Å². The standard InChI is InChI=1S/C62H48BN5O2/c1-61(2)62(3,4)70-63(69-61)49-31-32-53-51(37-49)52-36-48(44-27-17-29-46(33-44)59-65-54(40-19-9-5-10-20-40)38-55(66-59)41-21-11-6-12-22-41)35-50(58(52)64-53)45-28-18-30-47(34-45)60-67-56(42-23-13-7-14-24-42)39-57(68-60)43-25-15-8-16-26-43/h5-39,64H,1-4H3. The Kier molecular flexibility index (Phi) is 10.7. The van der Waals surface area contributed by atoms with E-state index in [-0.39, 0.29) is 0 Å². The van der Waals surface area contributed by atoms with E-state index in [2.05, 4.69) is 172 Å². The van der Waals surface area contributed by atoms with Gasteiger partial charge in [0.1, 0.15) is 0 Å². The Labute approximate surface area is 408 Å². The number of hydrogen-bond acceptors (Lipinski definition) is 6. The predicted octanol–water partition coefficient (Wildman–Crippen LogP) is 14.5. The van der Waals surface area contributed by atoms with Crippen LogP contribution in [0.5, 0.6) is 0 Å². The van der Waals surface area contributed by atoms with Gasteiger partial charge < -0.3 is 14.3 Å². The van der Waals surface area contributed by atoms with Crippen molar-refractivity contribution in [2.24, 2.45) is 0 Å². The predicted molar refractivity (Wildman–Crippen MR) is 286 cm³/mol. The molecule has 4 heterocycles. The highest BCUT2D eigenvalue weighted by Crippen LogP contribution is 2.41. The molecular formula is C62H48BN5O2. The van der Waals surface area contributed by atoms with Crippen LogP contribution in [0.15, 0.2) is 212 Å². The van der Waals surface area contributed by atoms with E-state index in [1.54, 1.807) is 0 Å².